The number of ether oxygens (including phenoxy) is 4. The van der Waals surface area contributed by atoms with Gasteiger partial charge < -0.3 is 70.2 Å². The minimum Gasteiger partial charge on any atom is -0.394 e. The van der Waals surface area contributed by atoms with E-state index in [1.54, 1.807) is 0 Å². The van der Waals surface area contributed by atoms with Crippen molar-refractivity contribution in [3.05, 3.63) is 0 Å². The Balaban J connectivity index is 1.69. The summed E-state index contributed by atoms with van der Waals surface area (Å²) in [5.41, 5.74) is 0. The van der Waals surface area contributed by atoms with Crippen LogP contribution in [0.3, 0.4) is 0 Å². The SMILES string of the molecule is OC[C@H]1O[C@H](O[C@H]2[C@H](O)[C@@H](O)[C@@H](OC3C(O)CNCC3O)O[C@@H]2CO)[C@H](O)[C@@H](O)[C@@H]1O. The lowest BCUT2D eigenvalue weighted by molar-refractivity contribution is -0.367. The van der Waals surface area contributed by atoms with E-state index in [0.717, 1.165) is 0 Å². The minimum atomic E-state index is -1.77. The summed E-state index contributed by atoms with van der Waals surface area (Å²) in [6, 6.07) is 0. The van der Waals surface area contributed by atoms with Crippen LogP contribution in [-0.2, 0) is 18.9 Å². The second kappa shape index (κ2) is 10.6. The fourth-order valence-corrected chi connectivity index (χ4v) is 3.87. The van der Waals surface area contributed by atoms with Crippen molar-refractivity contribution < 1.29 is 64.9 Å². The van der Waals surface area contributed by atoms with Crippen LogP contribution >= 0.6 is 0 Å². The van der Waals surface area contributed by atoms with Gasteiger partial charge in [0.1, 0.15) is 54.9 Å². The van der Waals surface area contributed by atoms with Gasteiger partial charge in [-0.3, -0.25) is 0 Å². The Morgan fingerprint density at radius 3 is 1.65 bits per heavy atom. The smallest absolute Gasteiger partial charge is 0.187 e. The predicted octanol–water partition coefficient (Wildman–Crippen LogP) is -6.68. The molecule has 0 aromatic heterocycles. The molecular weight excluding hydrogens is 426 g/mol. The first-order valence-corrected chi connectivity index (χ1v) is 10.00. The Labute approximate surface area is 177 Å². The standard InChI is InChI=1S/C17H31NO13/c19-3-7-9(23)10(24)12(26)16(28-7)31-15-8(4-20)29-17(13(27)11(15)25)30-14-5(21)1-18-2-6(14)22/h5-27H,1-4H2/t5?,6?,7-,8-,9-,10+,11-,12-,13-,14?,15-,16-,17-/m1/s1. The third-order valence-electron chi connectivity index (χ3n) is 5.72. The molecule has 0 amide bonds. The van der Waals surface area contributed by atoms with Crippen LogP contribution in [0.2, 0.25) is 0 Å². The number of aliphatic hydroxyl groups is 9. The average molecular weight is 457 g/mol. The van der Waals surface area contributed by atoms with E-state index in [2.05, 4.69) is 5.32 Å². The van der Waals surface area contributed by atoms with Gasteiger partial charge >= 0.3 is 0 Å². The van der Waals surface area contributed by atoms with Gasteiger partial charge in [-0.15, -0.1) is 0 Å². The lowest BCUT2D eigenvalue weighted by atomic mass is 9.96. The van der Waals surface area contributed by atoms with Crippen LogP contribution < -0.4 is 5.32 Å². The van der Waals surface area contributed by atoms with Crippen molar-refractivity contribution >= 4 is 0 Å². The van der Waals surface area contributed by atoms with E-state index >= 15 is 0 Å². The second-order valence-corrected chi connectivity index (χ2v) is 7.90. The van der Waals surface area contributed by atoms with E-state index in [9.17, 15) is 46.0 Å². The van der Waals surface area contributed by atoms with Crippen molar-refractivity contribution in [2.24, 2.45) is 0 Å². The maximum Gasteiger partial charge on any atom is 0.187 e. The van der Waals surface area contributed by atoms with Crippen molar-refractivity contribution in [1.82, 2.24) is 5.32 Å². The fourth-order valence-electron chi connectivity index (χ4n) is 3.87. The molecule has 0 aromatic carbocycles. The molecule has 3 saturated heterocycles. The highest BCUT2D eigenvalue weighted by Crippen LogP contribution is 2.30. The summed E-state index contributed by atoms with van der Waals surface area (Å²) in [6.07, 6.45) is -19.2. The predicted molar refractivity (Wildman–Crippen MR) is 96.2 cm³/mol. The van der Waals surface area contributed by atoms with E-state index in [1.807, 2.05) is 0 Å². The van der Waals surface area contributed by atoms with Crippen molar-refractivity contribution in [2.45, 2.75) is 79.7 Å². The lowest BCUT2D eigenvalue weighted by Crippen LogP contribution is -2.66. The van der Waals surface area contributed by atoms with E-state index < -0.39 is 92.9 Å². The van der Waals surface area contributed by atoms with E-state index in [1.165, 1.54) is 0 Å². The van der Waals surface area contributed by atoms with E-state index in [0.29, 0.717) is 0 Å². The molecule has 2 unspecified atom stereocenters. The molecule has 14 nitrogen and oxygen atoms in total. The van der Waals surface area contributed by atoms with Gasteiger partial charge in [-0.2, -0.15) is 0 Å². The lowest BCUT2D eigenvalue weighted by Gasteiger charge is -2.47. The van der Waals surface area contributed by atoms with Gasteiger partial charge in [0.2, 0.25) is 0 Å². The van der Waals surface area contributed by atoms with Crippen LogP contribution in [0.4, 0.5) is 0 Å². The monoisotopic (exact) mass is 457 g/mol. The van der Waals surface area contributed by atoms with Crippen molar-refractivity contribution in [1.29, 1.82) is 0 Å². The molecule has 3 aliphatic heterocycles. The number of hydrogen-bond donors (Lipinski definition) is 10. The molecule has 0 saturated carbocycles. The number of piperidine rings is 1. The molecular formula is C17H31NO13. The summed E-state index contributed by atoms with van der Waals surface area (Å²) < 4.78 is 21.6. The maximum absolute atomic E-state index is 10.5. The zero-order valence-electron chi connectivity index (χ0n) is 16.5. The fraction of sp³-hybridized carbons (Fsp3) is 1.00. The third kappa shape index (κ3) is 5.18. The molecule has 3 fully saturated rings. The van der Waals surface area contributed by atoms with Crippen LogP contribution in [0, 0.1) is 0 Å². The highest BCUT2D eigenvalue weighted by molar-refractivity contribution is 4.95. The minimum absolute atomic E-state index is 0.124. The molecule has 14 heteroatoms. The van der Waals surface area contributed by atoms with Gasteiger partial charge in [0.05, 0.1) is 25.4 Å². The molecule has 3 aliphatic rings. The maximum atomic E-state index is 10.5. The highest BCUT2D eigenvalue weighted by Gasteiger charge is 2.51. The van der Waals surface area contributed by atoms with Crippen molar-refractivity contribution in [2.75, 3.05) is 26.3 Å². The number of rotatable bonds is 6. The normalized spacial score (nSPS) is 51.6. The second-order valence-electron chi connectivity index (χ2n) is 7.90. The summed E-state index contributed by atoms with van der Waals surface area (Å²) in [5, 5.41) is 92.6. The Morgan fingerprint density at radius 2 is 1.10 bits per heavy atom. The molecule has 0 bridgehead atoms. The zero-order valence-corrected chi connectivity index (χ0v) is 16.5. The summed E-state index contributed by atoms with van der Waals surface area (Å²) in [4.78, 5) is 0. The summed E-state index contributed by atoms with van der Waals surface area (Å²) in [5.74, 6) is 0. The van der Waals surface area contributed by atoms with Crippen LogP contribution in [0.15, 0.2) is 0 Å². The molecule has 182 valence electrons. The first kappa shape index (κ1) is 25.1. The average Bonchev–Trinajstić information content (AvgIpc) is 2.75. The van der Waals surface area contributed by atoms with Gasteiger partial charge in [-0.25, -0.2) is 0 Å². The molecule has 31 heavy (non-hydrogen) atoms. The van der Waals surface area contributed by atoms with E-state index in [-0.39, 0.29) is 13.1 Å². The Hall–Kier alpha value is -0.560. The van der Waals surface area contributed by atoms with Gasteiger partial charge in [-0.05, 0) is 0 Å². The Morgan fingerprint density at radius 1 is 0.613 bits per heavy atom. The highest BCUT2D eigenvalue weighted by atomic mass is 16.7. The van der Waals surface area contributed by atoms with Gasteiger partial charge in [0, 0.05) is 13.1 Å². The summed E-state index contributed by atoms with van der Waals surface area (Å²) >= 11 is 0. The zero-order chi connectivity index (χ0) is 22.9. The summed E-state index contributed by atoms with van der Waals surface area (Å²) in [7, 11) is 0. The molecule has 0 aliphatic carbocycles. The van der Waals surface area contributed by atoms with Gasteiger partial charge in [0.25, 0.3) is 0 Å². The molecule has 0 radical (unpaired) electrons. The molecule has 3 heterocycles. The Bertz CT molecular complexity index is 558. The number of β-amino-alcohol motifs (C(OH)–C–C–N with tert-alkyl or cyclic N) is 2. The third-order valence-corrected chi connectivity index (χ3v) is 5.72. The first-order chi connectivity index (χ1) is 14.7. The number of hydrogen-bond acceptors (Lipinski definition) is 14. The van der Waals surface area contributed by atoms with Crippen LogP contribution in [0.25, 0.3) is 0 Å². The molecule has 0 aromatic rings. The quantitative estimate of drug-likeness (QED) is 0.179. The number of aliphatic hydroxyl groups excluding tert-OH is 9. The Kier molecular flexibility index (Phi) is 8.56. The number of nitrogens with one attached hydrogen (secondary N) is 1. The first-order valence-electron chi connectivity index (χ1n) is 10.00. The van der Waals surface area contributed by atoms with E-state index in [4.69, 9.17) is 18.9 Å². The molecule has 0 spiro atoms. The van der Waals surface area contributed by atoms with Crippen LogP contribution in [-0.4, -0.2) is 152 Å². The van der Waals surface area contributed by atoms with Gasteiger partial charge in [-0.1, -0.05) is 0 Å². The van der Waals surface area contributed by atoms with Crippen molar-refractivity contribution in [3.8, 4) is 0 Å². The van der Waals surface area contributed by atoms with Crippen LogP contribution in [0.5, 0.6) is 0 Å². The molecule has 10 N–H and O–H groups in total. The van der Waals surface area contributed by atoms with Crippen LogP contribution in [0.1, 0.15) is 0 Å². The molecule has 3 rings (SSSR count). The summed E-state index contributed by atoms with van der Waals surface area (Å²) in [6.45, 7) is -1.17. The topological polar surface area (TPSA) is 231 Å². The molecule has 12 atom stereocenters. The largest absolute Gasteiger partial charge is 0.394 e. The van der Waals surface area contributed by atoms with Gasteiger partial charge in [0.15, 0.2) is 12.6 Å². The van der Waals surface area contributed by atoms with Crippen molar-refractivity contribution in [3.63, 3.8) is 0 Å².